The Morgan fingerprint density at radius 3 is 3.00 bits per heavy atom. The molecule has 1 aromatic rings. The molecule has 1 N–H and O–H groups in total. The van der Waals surface area contributed by atoms with E-state index in [-0.39, 0.29) is 17.6 Å². The Kier molecular flexibility index (Phi) is 3.67. The predicted molar refractivity (Wildman–Crippen MR) is 66.5 cm³/mol. The van der Waals surface area contributed by atoms with E-state index in [0.717, 1.165) is 13.0 Å². The maximum atomic E-state index is 13.2. The van der Waals surface area contributed by atoms with E-state index >= 15 is 0 Å². The molecule has 17 heavy (non-hydrogen) atoms. The molecule has 0 amide bonds. The van der Waals surface area contributed by atoms with Crippen molar-refractivity contribution in [2.75, 3.05) is 6.54 Å². The Balaban J connectivity index is 2.24. The molecule has 94 valence electrons. The summed E-state index contributed by atoms with van der Waals surface area (Å²) in [5.41, 5.74) is 0.699. The Morgan fingerprint density at radius 2 is 2.29 bits per heavy atom. The van der Waals surface area contributed by atoms with Crippen molar-refractivity contribution in [1.29, 1.82) is 0 Å². The van der Waals surface area contributed by atoms with Crippen LogP contribution in [0.3, 0.4) is 0 Å². The summed E-state index contributed by atoms with van der Waals surface area (Å²) in [4.78, 5) is 2.37. The zero-order valence-corrected chi connectivity index (χ0v) is 10.5. The molecule has 1 aliphatic rings. The normalized spacial score (nSPS) is 22.9. The van der Waals surface area contributed by atoms with Crippen LogP contribution in [0.15, 0.2) is 18.2 Å². The summed E-state index contributed by atoms with van der Waals surface area (Å²) in [5.74, 6) is -0.0856. The van der Waals surface area contributed by atoms with Gasteiger partial charge < -0.3 is 5.11 Å². The van der Waals surface area contributed by atoms with Crippen molar-refractivity contribution >= 4 is 0 Å². The van der Waals surface area contributed by atoms with E-state index < -0.39 is 0 Å². The van der Waals surface area contributed by atoms with Gasteiger partial charge >= 0.3 is 0 Å². The van der Waals surface area contributed by atoms with Crippen molar-refractivity contribution in [2.24, 2.45) is 0 Å². The van der Waals surface area contributed by atoms with Crippen LogP contribution in [0.25, 0.3) is 0 Å². The summed E-state index contributed by atoms with van der Waals surface area (Å²) < 4.78 is 13.2. The largest absolute Gasteiger partial charge is 0.508 e. The molecule has 1 saturated heterocycles. The number of hydrogen-bond donors (Lipinski definition) is 1. The van der Waals surface area contributed by atoms with Crippen LogP contribution in [0.2, 0.25) is 0 Å². The van der Waals surface area contributed by atoms with Crippen molar-refractivity contribution in [3.05, 3.63) is 29.6 Å². The Morgan fingerprint density at radius 1 is 1.53 bits per heavy atom. The number of nitrogens with zero attached hydrogens (tertiary/aromatic N) is 1. The molecule has 3 heteroatoms. The zero-order chi connectivity index (χ0) is 12.4. The monoisotopic (exact) mass is 237 g/mol. The molecule has 0 aliphatic carbocycles. The number of hydrogen-bond acceptors (Lipinski definition) is 2. The number of benzene rings is 1. The van der Waals surface area contributed by atoms with Crippen LogP contribution in [0.1, 0.15) is 44.7 Å². The van der Waals surface area contributed by atoms with Crippen LogP contribution in [-0.2, 0) is 0 Å². The molecule has 2 rings (SSSR count). The van der Waals surface area contributed by atoms with Crippen molar-refractivity contribution in [3.8, 4) is 5.75 Å². The second-order valence-corrected chi connectivity index (χ2v) is 4.82. The minimum atomic E-state index is -0.281. The van der Waals surface area contributed by atoms with Gasteiger partial charge in [0.1, 0.15) is 11.6 Å². The second-order valence-electron chi connectivity index (χ2n) is 4.82. The summed E-state index contributed by atoms with van der Waals surface area (Å²) in [6.45, 7) is 5.26. The number of phenols is 1. The van der Waals surface area contributed by atoms with E-state index in [1.807, 2.05) is 6.92 Å². The lowest BCUT2D eigenvalue weighted by molar-refractivity contribution is 0.185. The first kappa shape index (κ1) is 12.4. The standard InChI is InChI=1S/C14H20FNO/c1-3-12-5-4-8-16(12)10(2)13-9-11(15)6-7-14(13)17/h6-7,9-10,12,17H,3-5,8H2,1-2H3. The maximum Gasteiger partial charge on any atom is 0.123 e. The number of halogens is 1. The second kappa shape index (κ2) is 5.05. The molecule has 1 aromatic carbocycles. The minimum absolute atomic E-state index is 0.0816. The minimum Gasteiger partial charge on any atom is -0.508 e. The molecule has 2 unspecified atom stereocenters. The lowest BCUT2D eigenvalue weighted by atomic mass is 10.0. The van der Waals surface area contributed by atoms with Gasteiger partial charge in [-0.3, -0.25) is 4.90 Å². The van der Waals surface area contributed by atoms with E-state index in [9.17, 15) is 9.50 Å². The third kappa shape index (κ3) is 2.44. The van der Waals surface area contributed by atoms with Crippen LogP contribution in [0.4, 0.5) is 4.39 Å². The Bertz CT molecular complexity index is 394. The van der Waals surface area contributed by atoms with Crippen LogP contribution in [-0.4, -0.2) is 22.6 Å². The van der Waals surface area contributed by atoms with E-state index in [2.05, 4.69) is 11.8 Å². The number of aromatic hydroxyl groups is 1. The quantitative estimate of drug-likeness (QED) is 0.870. The van der Waals surface area contributed by atoms with Gasteiger partial charge in [-0.2, -0.15) is 0 Å². The van der Waals surface area contributed by atoms with Gasteiger partial charge in [-0.05, 0) is 50.9 Å². The third-order valence-corrected chi connectivity index (χ3v) is 3.83. The lowest BCUT2D eigenvalue weighted by Gasteiger charge is -2.30. The molecule has 0 saturated carbocycles. The number of rotatable bonds is 3. The van der Waals surface area contributed by atoms with Gasteiger partial charge in [-0.1, -0.05) is 6.92 Å². The highest BCUT2D eigenvalue weighted by Crippen LogP contribution is 2.34. The number of phenolic OH excluding ortho intramolecular Hbond substituents is 1. The molecular formula is C14H20FNO. The summed E-state index contributed by atoms with van der Waals surface area (Å²) >= 11 is 0. The van der Waals surface area contributed by atoms with Crippen molar-refractivity contribution in [2.45, 2.75) is 45.2 Å². The first-order valence-corrected chi connectivity index (χ1v) is 6.37. The molecule has 0 spiro atoms. The summed E-state index contributed by atoms with van der Waals surface area (Å²) in [6.07, 6.45) is 3.51. The van der Waals surface area contributed by atoms with Gasteiger partial charge in [0.2, 0.25) is 0 Å². The van der Waals surface area contributed by atoms with Crippen molar-refractivity contribution in [1.82, 2.24) is 4.90 Å². The molecule has 0 bridgehead atoms. The van der Waals surface area contributed by atoms with E-state index in [0.29, 0.717) is 11.6 Å². The van der Waals surface area contributed by atoms with Crippen molar-refractivity contribution < 1.29 is 9.50 Å². The van der Waals surface area contributed by atoms with Crippen LogP contribution >= 0.6 is 0 Å². The highest BCUT2D eigenvalue weighted by Gasteiger charge is 2.29. The fraction of sp³-hybridized carbons (Fsp3) is 0.571. The highest BCUT2D eigenvalue weighted by atomic mass is 19.1. The van der Waals surface area contributed by atoms with Crippen molar-refractivity contribution in [3.63, 3.8) is 0 Å². The molecule has 2 atom stereocenters. The van der Waals surface area contributed by atoms with Gasteiger partial charge in [-0.25, -0.2) is 4.39 Å². The van der Waals surface area contributed by atoms with Gasteiger partial charge in [0.15, 0.2) is 0 Å². The van der Waals surface area contributed by atoms with Crippen LogP contribution in [0, 0.1) is 5.82 Å². The maximum absolute atomic E-state index is 13.2. The smallest absolute Gasteiger partial charge is 0.123 e. The number of likely N-dealkylation sites (tertiary alicyclic amines) is 1. The average Bonchev–Trinajstić information content (AvgIpc) is 2.79. The first-order valence-electron chi connectivity index (χ1n) is 6.37. The summed E-state index contributed by atoms with van der Waals surface area (Å²) in [5, 5.41) is 9.83. The Hall–Kier alpha value is -1.09. The molecule has 1 fully saturated rings. The van der Waals surface area contributed by atoms with Gasteiger partial charge in [0.25, 0.3) is 0 Å². The summed E-state index contributed by atoms with van der Waals surface area (Å²) in [6, 6.07) is 4.83. The molecule has 0 radical (unpaired) electrons. The van der Waals surface area contributed by atoms with E-state index in [1.165, 1.54) is 31.0 Å². The molecular weight excluding hydrogens is 217 g/mol. The average molecular weight is 237 g/mol. The predicted octanol–water partition coefficient (Wildman–Crippen LogP) is 3.47. The molecule has 0 aromatic heterocycles. The van der Waals surface area contributed by atoms with Crippen LogP contribution < -0.4 is 0 Å². The highest BCUT2D eigenvalue weighted by molar-refractivity contribution is 5.35. The Labute approximate surface area is 102 Å². The molecule has 1 heterocycles. The molecule has 1 aliphatic heterocycles. The lowest BCUT2D eigenvalue weighted by Crippen LogP contribution is -2.31. The summed E-state index contributed by atoms with van der Waals surface area (Å²) in [7, 11) is 0. The fourth-order valence-electron chi connectivity index (χ4n) is 2.85. The van der Waals surface area contributed by atoms with E-state index in [1.54, 1.807) is 0 Å². The van der Waals surface area contributed by atoms with Crippen LogP contribution in [0.5, 0.6) is 5.75 Å². The topological polar surface area (TPSA) is 23.5 Å². The molecule has 2 nitrogen and oxygen atoms in total. The van der Waals surface area contributed by atoms with Gasteiger partial charge in [0, 0.05) is 17.6 Å². The van der Waals surface area contributed by atoms with E-state index in [4.69, 9.17) is 0 Å². The fourth-order valence-corrected chi connectivity index (χ4v) is 2.85. The SMILES string of the molecule is CCC1CCCN1C(C)c1cc(F)ccc1O. The zero-order valence-electron chi connectivity index (χ0n) is 10.5. The first-order chi connectivity index (χ1) is 8.13. The van der Waals surface area contributed by atoms with Gasteiger partial charge in [0.05, 0.1) is 0 Å². The third-order valence-electron chi connectivity index (χ3n) is 3.83. The van der Waals surface area contributed by atoms with Gasteiger partial charge in [-0.15, -0.1) is 0 Å².